The third-order valence-electron chi connectivity index (χ3n) is 6.84. The van der Waals surface area contributed by atoms with Gasteiger partial charge in [0.15, 0.2) is 5.65 Å². The number of piperidine rings is 1. The highest BCUT2D eigenvalue weighted by Gasteiger charge is 2.28. The minimum atomic E-state index is -0.0116. The lowest BCUT2D eigenvalue weighted by Crippen LogP contribution is -2.47. The summed E-state index contributed by atoms with van der Waals surface area (Å²) >= 11 is 0. The number of para-hydroxylation sites is 1. The predicted molar refractivity (Wildman–Crippen MR) is 141 cm³/mol. The van der Waals surface area contributed by atoms with Gasteiger partial charge in [0.2, 0.25) is 5.91 Å². The number of hydrogen-bond acceptors (Lipinski definition) is 6. The normalized spacial score (nSPS) is 18.3. The first-order valence-corrected chi connectivity index (χ1v) is 12.4. The number of aromatic nitrogens is 3. The van der Waals surface area contributed by atoms with E-state index in [-0.39, 0.29) is 17.9 Å². The zero-order valence-electron chi connectivity index (χ0n) is 20.5. The van der Waals surface area contributed by atoms with Gasteiger partial charge in [0.1, 0.15) is 17.8 Å². The number of nitrogens with two attached hydrogens (primary N) is 1. The Hall–Kier alpha value is -3.75. The lowest BCUT2D eigenvalue weighted by Gasteiger charge is -2.37. The van der Waals surface area contributed by atoms with Crippen LogP contribution in [0.5, 0.6) is 11.5 Å². The van der Waals surface area contributed by atoms with Crippen molar-refractivity contribution in [2.24, 2.45) is 5.73 Å². The molecule has 1 fully saturated rings. The molecule has 0 aliphatic carbocycles. The van der Waals surface area contributed by atoms with E-state index in [1.807, 2.05) is 59.4 Å². The van der Waals surface area contributed by atoms with Crippen molar-refractivity contribution in [3.05, 3.63) is 84.9 Å². The summed E-state index contributed by atoms with van der Waals surface area (Å²) in [6, 6.07) is 20.1. The van der Waals surface area contributed by atoms with Gasteiger partial charge >= 0.3 is 0 Å². The second-order valence-corrected chi connectivity index (χ2v) is 9.30. The van der Waals surface area contributed by atoms with Crippen LogP contribution in [0.25, 0.3) is 11.0 Å². The number of nitrogens with zero attached hydrogens (tertiary/aromatic N) is 5. The molecular weight excluding hydrogens is 452 g/mol. The fraction of sp³-hybridized carbons (Fsp3) is 0.321. The van der Waals surface area contributed by atoms with Gasteiger partial charge in [-0.2, -0.15) is 0 Å². The maximum atomic E-state index is 12.4. The van der Waals surface area contributed by atoms with Gasteiger partial charge in [0.05, 0.1) is 0 Å². The number of fused-ring (bicyclic) bond motifs is 1. The molecule has 1 amide bonds. The standard InChI is InChI=1S/C28H32N6O2/c1-21(35)33(34-17-12-23-18-30-20-31-28(23)34)15-5-14-32-16-13-27(29)26(19-32)22-8-10-25(11-9-22)36-24-6-3-2-4-7-24/h2-4,6-12,17-18,20,26-27H,5,13-16,19,29H2,1H3. The summed E-state index contributed by atoms with van der Waals surface area (Å²) in [4.78, 5) is 23.3. The van der Waals surface area contributed by atoms with E-state index in [9.17, 15) is 4.79 Å². The van der Waals surface area contributed by atoms with E-state index in [2.05, 4.69) is 27.0 Å². The van der Waals surface area contributed by atoms with Gasteiger partial charge in [0.25, 0.3) is 0 Å². The van der Waals surface area contributed by atoms with Crippen LogP contribution in [-0.2, 0) is 4.79 Å². The van der Waals surface area contributed by atoms with Crippen LogP contribution in [0.4, 0.5) is 0 Å². The fourth-order valence-electron chi connectivity index (χ4n) is 4.92. The van der Waals surface area contributed by atoms with E-state index in [1.54, 1.807) is 18.1 Å². The van der Waals surface area contributed by atoms with E-state index < -0.39 is 0 Å². The number of ether oxygens (including phenoxy) is 1. The molecule has 2 aromatic carbocycles. The maximum Gasteiger partial charge on any atom is 0.238 e. The molecule has 8 nitrogen and oxygen atoms in total. The third kappa shape index (κ3) is 5.40. The van der Waals surface area contributed by atoms with Gasteiger partial charge in [-0.15, -0.1) is 0 Å². The Morgan fingerprint density at radius 2 is 1.89 bits per heavy atom. The molecule has 3 heterocycles. The molecule has 186 valence electrons. The highest BCUT2D eigenvalue weighted by molar-refractivity contribution is 5.86. The van der Waals surface area contributed by atoms with Crippen LogP contribution in [0.1, 0.15) is 31.2 Å². The summed E-state index contributed by atoms with van der Waals surface area (Å²) in [5.41, 5.74) is 8.51. The SMILES string of the molecule is CC(=O)N(CCCN1CCC(N)C(c2ccc(Oc3ccccc3)cc2)C1)n1ccc2cncnc21. The molecule has 0 saturated carbocycles. The van der Waals surface area contributed by atoms with E-state index in [0.717, 1.165) is 55.0 Å². The van der Waals surface area contributed by atoms with Crippen LogP contribution in [0.15, 0.2) is 79.4 Å². The molecule has 36 heavy (non-hydrogen) atoms. The topological polar surface area (TPSA) is 89.5 Å². The number of rotatable bonds is 8. The van der Waals surface area contributed by atoms with Crippen molar-refractivity contribution in [3.63, 3.8) is 0 Å². The first-order chi connectivity index (χ1) is 17.6. The summed E-state index contributed by atoms with van der Waals surface area (Å²) in [5.74, 6) is 1.89. The summed E-state index contributed by atoms with van der Waals surface area (Å²) in [6.45, 7) is 4.97. The Bertz CT molecular complexity index is 1290. The van der Waals surface area contributed by atoms with Crippen LogP contribution in [0.2, 0.25) is 0 Å². The van der Waals surface area contributed by atoms with Gasteiger partial charge in [-0.1, -0.05) is 30.3 Å². The van der Waals surface area contributed by atoms with Crippen molar-refractivity contribution in [1.29, 1.82) is 0 Å². The molecule has 8 heteroatoms. The van der Waals surface area contributed by atoms with Gasteiger partial charge < -0.3 is 15.4 Å². The molecule has 0 spiro atoms. The molecule has 5 rings (SSSR count). The summed E-state index contributed by atoms with van der Waals surface area (Å²) < 4.78 is 7.76. The number of benzene rings is 2. The van der Waals surface area contributed by atoms with Crippen molar-refractivity contribution in [1.82, 2.24) is 19.5 Å². The lowest BCUT2D eigenvalue weighted by atomic mass is 9.86. The van der Waals surface area contributed by atoms with Crippen molar-refractivity contribution >= 4 is 16.9 Å². The Morgan fingerprint density at radius 3 is 2.67 bits per heavy atom. The molecule has 1 aliphatic heterocycles. The average molecular weight is 485 g/mol. The molecule has 1 saturated heterocycles. The monoisotopic (exact) mass is 484 g/mol. The number of amides is 1. The Balaban J connectivity index is 1.19. The molecular formula is C28H32N6O2. The number of hydrogen-bond donors (Lipinski definition) is 1. The Kier molecular flexibility index (Phi) is 7.25. The first kappa shape index (κ1) is 24.0. The van der Waals surface area contributed by atoms with E-state index in [0.29, 0.717) is 6.54 Å². The molecule has 2 N–H and O–H groups in total. The van der Waals surface area contributed by atoms with Crippen LogP contribution < -0.4 is 15.5 Å². The largest absolute Gasteiger partial charge is 0.457 e. The number of carbonyl (C=O) groups is 1. The molecule has 0 radical (unpaired) electrons. The molecule has 2 aromatic heterocycles. The second-order valence-electron chi connectivity index (χ2n) is 9.30. The molecule has 0 bridgehead atoms. The van der Waals surface area contributed by atoms with Crippen molar-refractivity contribution in [2.45, 2.75) is 31.7 Å². The molecule has 2 atom stereocenters. The summed E-state index contributed by atoms with van der Waals surface area (Å²) in [7, 11) is 0. The zero-order chi connectivity index (χ0) is 24.9. The number of likely N-dealkylation sites (tertiary alicyclic amines) is 1. The summed E-state index contributed by atoms with van der Waals surface area (Å²) in [6.07, 6.45) is 6.95. The Labute approximate surface area is 211 Å². The molecule has 2 unspecified atom stereocenters. The van der Waals surface area contributed by atoms with Gasteiger partial charge in [-0.25, -0.2) is 19.7 Å². The van der Waals surface area contributed by atoms with E-state index >= 15 is 0 Å². The van der Waals surface area contributed by atoms with Crippen LogP contribution in [0, 0.1) is 0 Å². The second kappa shape index (κ2) is 10.9. The summed E-state index contributed by atoms with van der Waals surface area (Å²) in [5, 5.41) is 2.66. The first-order valence-electron chi connectivity index (χ1n) is 12.4. The quantitative estimate of drug-likeness (QED) is 0.408. The molecule has 4 aromatic rings. The van der Waals surface area contributed by atoms with Gasteiger partial charge in [0, 0.05) is 49.8 Å². The lowest BCUT2D eigenvalue weighted by molar-refractivity contribution is -0.118. The zero-order valence-corrected chi connectivity index (χ0v) is 20.5. The Morgan fingerprint density at radius 1 is 1.11 bits per heavy atom. The average Bonchev–Trinajstić information content (AvgIpc) is 3.32. The van der Waals surface area contributed by atoms with Crippen LogP contribution >= 0.6 is 0 Å². The van der Waals surface area contributed by atoms with E-state index in [4.69, 9.17) is 10.5 Å². The van der Waals surface area contributed by atoms with Crippen LogP contribution in [-0.4, -0.2) is 57.7 Å². The highest BCUT2D eigenvalue weighted by Crippen LogP contribution is 2.29. The minimum Gasteiger partial charge on any atom is -0.457 e. The third-order valence-corrected chi connectivity index (χ3v) is 6.84. The van der Waals surface area contributed by atoms with E-state index in [1.165, 1.54) is 11.9 Å². The minimum absolute atomic E-state index is 0.0116. The predicted octanol–water partition coefficient (Wildman–Crippen LogP) is 3.92. The number of carbonyl (C=O) groups excluding carboxylic acids is 1. The van der Waals surface area contributed by atoms with Gasteiger partial charge in [-0.05, 0) is 61.8 Å². The highest BCUT2D eigenvalue weighted by atomic mass is 16.5. The van der Waals surface area contributed by atoms with Crippen LogP contribution in [0.3, 0.4) is 0 Å². The fourth-order valence-corrected chi connectivity index (χ4v) is 4.92. The van der Waals surface area contributed by atoms with Crippen molar-refractivity contribution < 1.29 is 9.53 Å². The smallest absolute Gasteiger partial charge is 0.238 e. The van der Waals surface area contributed by atoms with Crippen molar-refractivity contribution in [3.8, 4) is 11.5 Å². The maximum absolute atomic E-state index is 12.4. The van der Waals surface area contributed by atoms with Gasteiger partial charge in [-0.3, -0.25) is 4.79 Å². The van der Waals surface area contributed by atoms with Crippen molar-refractivity contribution in [2.75, 3.05) is 31.2 Å². The molecule has 1 aliphatic rings.